The first-order valence-electron chi connectivity index (χ1n) is 10.4. The van der Waals surface area contributed by atoms with Gasteiger partial charge in [-0.2, -0.15) is 0 Å². The number of aryl methyl sites for hydroxylation is 1. The summed E-state index contributed by atoms with van der Waals surface area (Å²) >= 11 is 0. The molecule has 29 heavy (non-hydrogen) atoms. The minimum atomic E-state index is 0.0109. The number of hydrogen-bond donors (Lipinski definition) is 0. The molecule has 4 heterocycles. The van der Waals surface area contributed by atoms with Crippen molar-refractivity contribution in [2.45, 2.75) is 26.7 Å². The van der Waals surface area contributed by atoms with Crippen LogP contribution in [0.25, 0.3) is 0 Å². The molecule has 2 fully saturated rings. The van der Waals surface area contributed by atoms with Gasteiger partial charge in [0, 0.05) is 57.6 Å². The van der Waals surface area contributed by atoms with Gasteiger partial charge in [0.1, 0.15) is 17.5 Å². The van der Waals surface area contributed by atoms with E-state index in [0.29, 0.717) is 31.1 Å². The molecule has 2 aromatic rings. The lowest BCUT2D eigenvalue weighted by Gasteiger charge is -2.35. The number of aromatic nitrogens is 3. The van der Waals surface area contributed by atoms with Crippen LogP contribution in [0.3, 0.4) is 0 Å². The number of amides is 1. The average molecular weight is 396 g/mol. The van der Waals surface area contributed by atoms with Crippen molar-refractivity contribution in [1.82, 2.24) is 19.9 Å². The SMILES string of the molecule is CCOc1ccc(C(=O)N2CCN(c3cc(N4CCCC4)nc(C)n3)CC2)cn1. The topological polar surface area (TPSA) is 74.7 Å². The van der Waals surface area contributed by atoms with E-state index in [4.69, 9.17) is 4.74 Å². The second-order valence-corrected chi connectivity index (χ2v) is 7.42. The van der Waals surface area contributed by atoms with Crippen LogP contribution in [0.2, 0.25) is 0 Å². The number of piperazine rings is 1. The Balaban J connectivity index is 1.39. The van der Waals surface area contributed by atoms with Crippen molar-refractivity contribution < 1.29 is 9.53 Å². The Kier molecular flexibility index (Phi) is 5.78. The van der Waals surface area contributed by atoms with Gasteiger partial charge in [-0.25, -0.2) is 15.0 Å². The van der Waals surface area contributed by atoms with Crippen molar-refractivity contribution in [3.05, 3.63) is 35.8 Å². The summed E-state index contributed by atoms with van der Waals surface area (Å²) < 4.78 is 5.35. The molecule has 8 nitrogen and oxygen atoms in total. The highest BCUT2D eigenvalue weighted by molar-refractivity contribution is 5.94. The van der Waals surface area contributed by atoms with E-state index in [-0.39, 0.29) is 5.91 Å². The first-order chi connectivity index (χ1) is 14.1. The molecule has 0 aliphatic carbocycles. The van der Waals surface area contributed by atoms with Gasteiger partial charge >= 0.3 is 0 Å². The lowest BCUT2D eigenvalue weighted by molar-refractivity contribution is 0.0746. The zero-order valence-corrected chi connectivity index (χ0v) is 17.2. The molecule has 2 saturated heterocycles. The molecule has 1 amide bonds. The van der Waals surface area contributed by atoms with Crippen molar-refractivity contribution >= 4 is 17.5 Å². The Morgan fingerprint density at radius 3 is 2.24 bits per heavy atom. The van der Waals surface area contributed by atoms with E-state index in [0.717, 1.165) is 43.6 Å². The summed E-state index contributed by atoms with van der Waals surface area (Å²) in [7, 11) is 0. The van der Waals surface area contributed by atoms with Crippen LogP contribution < -0.4 is 14.5 Å². The Labute approximate surface area is 171 Å². The number of hydrogen-bond acceptors (Lipinski definition) is 7. The summed E-state index contributed by atoms with van der Waals surface area (Å²) in [6.07, 6.45) is 4.04. The van der Waals surface area contributed by atoms with Gasteiger partial charge in [0.25, 0.3) is 5.91 Å². The third-order valence-corrected chi connectivity index (χ3v) is 5.41. The van der Waals surface area contributed by atoms with Crippen molar-refractivity contribution in [2.24, 2.45) is 0 Å². The van der Waals surface area contributed by atoms with Gasteiger partial charge in [-0.05, 0) is 32.8 Å². The minimum absolute atomic E-state index is 0.0109. The summed E-state index contributed by atoms with van der Waals surface area (Å²) in [5.41, 5.74) is 0.594. The van der Waals surface area contributed by atoms with Crippen molar-refractivity contribution in [2.75, 3.05) is 55.7 Å². The van der Waals surface area contributed by atoms with Gasteiger partial charge in [-0.15, -0.1) is 0 Å². The number of nitrogens with zero attached hydrogens (tertiary/aromatic N) is 6. The fourth-order valence-electron chi connectivity index (χ4n) is 3.87. The van der Waals surface area contributed by atoms with E-state index >= 15 is 0 Å². The number of rotatable bonds is 5. The quantitative estimate of drug-likeness (QED) is 0.766. The van der Waals surface area contributed by atoms with Crippen molar-refractivity contribution in [3.63, 3.8) is 0 Å². The molecule has 0 N–H and O–H groups in total. The molecule has 0 saturated carbocycles. The maximum absolute atomic E-state index is 12.8. The standard InChI is InChI=1S/C21H28N6O2/c1-3-29-20-7-6-17(15-22-20)21(28)27-12-10-26(11-13-27)19-14-18(23-16(2)24-19)25-8-4-5-9-25/h6-7,14-15H,3-5,8-13H2,1-2H3. The summed E-state index contributed by atoms with van der Waals surface area (Å²) in [4.78, 5) is 32.7. The van der Waals surface area contributed by atoms with Crippen LogP contribution in [0.1, 0.15) is 35.9 Å². The highest BCUT2D eigenvalue weighted by Crippen LogP contribution is 2.23. The molecule has 2 aliphatic heterocycles. The van der Waals surface area contributed by atoms with Gasteiger partial charge in [-0.1, -0.05) is 0 Å². The van der Waals surface area contributed by atoms with Crippen LogP contribution in [-0.2, 0) is 0 Å². The summed E-state index contributed by atoms with van der Waals surface area (Å²) in [5, 5.41) is 0. The minimum Gasteiger partial charge on any atom is -0.478 e. The molecule has 4 rings (SSSR count). The lowest BCUT2D eigenvalue weighted by Crippen LogP contribution is -2.49. The fraction of sp³-hybridized carbons (Fsp3) is 0.524. The third kappa shape index (κ3) is 4.41. The fourth-order valence-corrected chi connectivity index (χ4v) is 3.87. The van der Waals surface area contributed by atoms with Crippen molar-refractivity contribution in [3.8, 4) is 5.88 Å². The second-order valence-electron chi connectivity index (χ2n) is 7.42. The Bertz CT molecular complexity index is 843. The van der Waals surface area contributed by atoms with Crippen molar-refractivity contribution in [1.29, 1.82) is 0 Å². The maximum Gasteiger partial charge on any atom is 0.255 e. The zero-order valence-electron chi connectivity index (χ0n) is 17.2. The molecule has 0 aromatic carbocycles. The van der Waals surface area contributed by atoms with E-state index in [1.165, 1.54) is 12.8 Å². The Morgan fingerprint density at radius 2 is 1.66 bits per heavy atom. The van der Waals surface area contributed by atoms with Gasteiger partial charge in [0.2, 0.25) is 5.88 Å². The molecular formula is C21H28N6O2. The molecule has 0 unspecified atom stereocenters. The lowest BCUT2D eigenvalue weighted by atomic mass is 10.2. The molecular weight excluding hydrogens is 368 g/mol. The largest absolute Gasteiger partial charge is 0.478 e. The summed E-state index contributed by atoms with van der Waals surface area (Å²) in [6.45, 7) is 9.38. The van der Waals surface area contributed by atoms with Crippen LogP contribution in [0.5, 0.6) is 5.88 Å². The predicted octanol–water partition coefficient (Wildman–Crippen LogP) is 2.14. The normalized spacial score (nSPS) is 17.0. The second kappa shape index (κ2) is 8.63. The van der Waals surface area contributed by atoms with Crippen LogP contribution in [-0.4, -0.2) is 71.6 Å². The van der Waals surface area contributed by atoms with Gasteiger partial charge in [-0.3, -0.25) is 4.79 Å². The van der Waals surface area contributed by atoms with E-state index in [1.54, 1.807) is 18.3 Å². The van der Waals surface area contributed by atoms with E-state index in [2.05, 4.69) is 30.8 Å². The van der Waals surface area contributed by atoms with E-state index < -0.39 is 0 Å². The Morgan fingerprint density at radius 1 is 1.00 bits per heavy atom. The molecule has 0 bridgehead atoms. The summed E-state index contributed by atoms with van der Waals surface area (Å²) in [6, 6.07) is 5.62. The van der Waals surface area contributed by atoms with Gasteiger partial charge in [0.05, 0.1) is 12.2 Å². The molecule has 2 aromatic heterocycles. The number of pyridine rings is 1. The highest BCUT2D eigenvalue weighted by Gasteiger charge is 2.24. The zero-order chi connectivity index (χ0) is 20.2. The van der Waals surface area contributed by atoms with E-state index in [9.17, 15) is 4.79 Å². The van der Waals surface area contributed by atoms with E-state index in [1.807, 2.05) is 18.7 Å². The first-order valence-corrected chi connectivity index (χ1v) is 10.4. The van der Waals surface area contributed by atoms with Crippen LogP contribution in [0.4, 0.5) is 11.6 Å². The highest BCUT2D eigenvalue weighted by atomic mass is 16.5. The predicted molar refractivity (Wildman–Crippen MR) is 112 cm³/mol. The molecule has 0 radical (unpaired) electrons. The number of carbonyl (C=O) groups is 1. The first kappa shape index (κ1) is 19.4. The molecule has 0 spiro atoms. The average Bonchev–Trinajstić information content (AvgIpc) is 3.29. The van der Waals surface area contributed by atoms with Gasteiger partial charge in [0.15, 0.2) is 0 Å². The van der Waals surface area contributed by atoms with Crippen LogP contribution in [0, 0.1) is 6.92 Å². The van der Waals surface area contributed by atoms with Crippen LogP contribution >= 0.6 is 0 Å². The van der Waals surface area contributed by atoms with Gasteiger partial charge < -0.3 is 19.4 Å². The molecule has 2 aliphatic rings. The molecule has 154 valence electrons. The number of carbonyl (C=O) groups excluding carboxylic acids is 1. The third-order valence-electron chi connectivity index (χ3n) is 5.41. The summed E-state index contributed by atoms with van der Waals surface area (Å²) in [5.74, 6) is 3.32. The molecule has 0 atom stereocenters. The smallest absolute Gasteiger partial charge is 0.255 e. The molecule has 8 heteroatoms. The Hall–Kier alpha value is -2.90. The number of anilines is 2. The number of ether oxygens (including phenoxy) is 1. The van der Waals surface area contributed by atoms with Crippen LogP contribution in [0.15, 0.2) is 24.4 Å². The monoisotopic (exact) mass is 396 g/mol. The maximum atomic E-state index is 12.8.